The zero-order valence-electron chi connectivity index (χ0n) is 17.8. The van der Waals surface area contributed by atoms with E-state index in [2.05, 4.69) is 5.10 Å². The van der Waals surface area contributed by atoms with Crippen molar-refractivity contribution in [3.05, 3.63) is 84.3 Å². The molecule has 3 atom stereocenters. The average molecular weight is 430 g/mol. The van der Waals surface area contributed by atoms with Crippen LogP contribution < -0.4 is 15.4 Å². The first kappa shape index (κ1) is 20.2. The average Bonchev–Trinajstić information content (AvgIpc) is 3.34. The highest BCUT2D eigenvalue weighted by molar-refractivity contribution is 6.00. The zero-order valence-corrected chi connectivity index (χ0v) is 17.8. The Morgan fingerprint density at radius 1 is 1.00 bits per heavy atom. The molecule has 3 aromatic carbocycles. The van der Waals surface area contributed by atoms with Crippen molar-refractivity contribution >= 4 is 22.5 Å². The summed E-state index contributed by atoms with van der Waals surface area (Å²) in [5.41, 5.74) is 9.86. The van der Waals surface area contributed by atoms with E-state index in [0.29, 0.717) is 0 Å². The normalized spacial score (nSPS) is 20.8. The number of nitrogens with two attached hydrogens (primary N) is 1. The molecule has 162 valence electrons. The topological polar surface area (TPSA) is 73.4 Å². The standard InChI is InChI=1S/C25H23FN4O2/c1-15-23(27)24(16-3-10-21(32-2)11-4-16)29(25(15)31)20-9-12-22-17(13-20)14-28-30(22)19-7-5-18(26)6-8-19/h3-15,23-24H,27H2,1-2H3/t15?,23-,24?/m0/s1. The third kappa shape index (κ3) is 3.22. The molecule has 1 saturated heterocycles. The lowest BCUT2D eigenvalue weighted by Crippen LogP contribution is -2.33. The largest absolute Gasteiger partial charge is 0.497 e. The summed E-state index contributed by atoms with van der Waals surface area (Å²) in [5, 5.41) is 5.34. The van der Waals surface area contributed by atoms with Crippen molar-refractivity contribution in [3.8, 4) is 11.4 Å². The van der Waals surface area contributed by atoms with Crippen LogP contribution in [0.1, 0.15) is 18.5 Å². The second-order valence-electron chi connectivity index (χ2n) is 8.07. The van der Waals surface area contributed by atoms with Gasteiger partial charge < -0.3 is 15.4 Å². The summed E-state index contributed by atoms with van der Waals surface area (Å²) >= 11 is 0. The summed E-state index contributed by atoms with van der Waals surface area (Å²) in [6.07, 6.45) is 1.74. The van der Waals surface area contributed by atoms with Gasteiger partial charge in [-0.25, -0.2) is 9.07 Å². The predicted molar refractivity (Wildman–Crippen MR) is 121 cm³/mol. The molecule has 1 aliphatic rings. The van der Waals surface area contributed by atoms with Crippen LogP contribution >= 0.6 is 0 Å². The first-order chi connectivity index (χ1) is 15.5. The number of hydrogen-bond acceptors (Lipinski definition) is 4. The van der Waals surface area contributed by atoms with Crippen LogP contribution in [0.4, 0.5) is 10.1 Å². The SMILES string of the molecule is COc1ccc(C2[C@@H](N)C(C)C(=O)N2c2ccc3c(cnn3-c3ccc(F)cc3)c2)cc1. The molecule has 0 saturated carbocycles. The number of rotatable bonds is 4. The Kier molecular flexibility index (Phi) is 4.90. The van der Waals surface area contributed by atoms with Crippen LogP contribution in [0.5, 0.6) is 5.75 Å². The van der Waals surface area contributed by atoms with Gasteiger partial charge in [0.1, 0.15) is 11.6 Å². The van der Waals surface area contributed by atoms with E-state index in [1.54, 1.807) is 35.0 Å². The highest BCUT2D eigenvalue weighted by Crippen LogP contribution is 2.40. The van der Waals surface area contributed by atoms with Gasteiger partial charge in [-0.1, -0.05) is 19.1 Å². The minimum absolute atomic E-state index is 0.0106. The van der Waals surface area contributed by atoms with Crippen molar-refractivity contribution < 1.29 is 13.9 Å². The van der Waals surface area contributed by atoms with Gasteiger partial charge in [0.05, 0.1) is 36.5 Å². The molecular weight excluding hydrogens is 407 g/mol. The number of aromatic nitrogens is 2. The van der Waals surface area contributed by atoms with Gasteiger partial charge in [-0.2, -0.15) is 5.10 Å². The number of benzene rings is 3. The van der Waals surface area contributed by atoms with E-state index in [4.69, 9.17) is 10.5 Å². The lowest BCUT2D eigenvalue weighted by atomic mass is 9.95. The quantitative estimate of drug-likeness (QED) is 0.526. The van der Waals surface area contributed by atoms with Crippen molar-refractivity contribution in [2.45, 2.75) is 19.0 Å². The van der Waals surface area contributed by atoms with E-state index < -0.39 is 0 Å². The highest BCUT2D eigenvalue weighted by Gasteiger charge is 2.45. The Morgan fingerprint density at radius 2 is 1.69 bits per heavy atom. The van der Waals surface area contributed by atoms with Crippen LogP contribution in [0.15, 0.2) is 72.9 Å². The number of fused-ring (bicyclic) bond motifs is 1. The van der Waals surface area contributed by atoms with E-state index in [-0.39, 0.29) is 29.7 Å². The van der Waals surface area contributed by atoms with Crippen molar-refractivity contribution in [1.82, 2.24) is 9.78 Å². The fraction of sp³-hybridized carbons (Fsp3) is 0.200. The summed E-state index contributed by atoms with van der Waals surface area (Å²) in [6.45, 7) is 1.87. The molecule has 1 aliphatic heterocycles. The van der Waals surface area contributed by atoms with Crippen LogP contribution in [0.25, 0.3) is 16.6 Å². The molecule has 5 rings (SSSR count). The summed E-state index contributed by atoms with van der Waals surface area (Å²) in [6, 6.07) is 19.0. The highest BCUT2D eigenvalue weighted by atomic mass is 19.1. The zero-order chi connectivity index (χ0) is 22.4. The molecule has 6 nitrogen and oxygen atoms in total. The maximum atomic E-state index is 13.3. The Bertz CT molecular complexity index is 1280. The molecule has 2 heterocycles. The van der Waals surface area contributed by atoms with Gasteiger partial charge in [0.25, 0.3) is 0 Å². The molecule has 1 amide bonds. The van der Waals surface area contributed by atoms with E-state index in [0.717, 1.165) is 33.6 Å². The smallest absolute Gasteiger partial charge is 0.232 e. The molecule has 4 aromatic rings. The molecule has 7 heteroatoms. The number of ether oxygens (including phenoxy) is 1. The molecule has 2 unspecified atom stereocenters. The lowest BCUT2D eigenvalue weighted by Gasteiger charge is -2.27. The van der Waals surface area contributed by atoms with E-state index in [1.165, 1.54) is 12.1 Å². The fourth-order valence-corrected chi connectivity index (χ4v) is 4.39. The first-order valence-electron chi connectivity index (χ1n) is 10.4. The van der Waals surface area contributed by atoms with E-state index in [9.17, 15) is 9.18 Å². The lowest BCUT2D eigenvalue weighted by molar-refractivity contribution is -0.120. The molecule has 0 spiro atoms. The number of methoxy groups -OCH3 is 1. The summed E-state index contributed by atoms with van der Waals surface area (Å²) < 4.78 is 20.3. The van der Waals surface area contributed by atoms with E-state index in [1.807, 2.05) is 49.4 Å². The number of anilines is 1. The summed E-state index contributed by atoms with van der Waals surface area (Å²) in [4.78, 5) is 15.0. The molecule has 0 aliphatic carbocycles. The fourth-order valence-electron chi connectivity index (χ4n) is 4.39. The number of carbonyl (C=O) groups is 1. The van der Waals surface area contributed by atoms with Gasteiger partial charge in [-0.15, -0.1) is 0 Å². The molecular formula is C25H23FN4O2. The maximum absolute atomic E-state index is 13.3. The Labute approximate surface area is 185 Å². The monoisotopic (exact) mass is 430 g/mol. The molecule has 32 heavy (non-hydrogen) atoms. The van der Waals surface area contributed by atoms with Crippen LogP contribution in [-0.4, -0.2) is 28.8 Å². The van der Waals surface area contributed by atoms with Gasteiger partial charge in [0, 0.05) is 17.1 Å². The minimum atomic E-state index is -0.339. The van der Waals surface area contributed by atoms with Crippen molar-refractivity contribution in [2.24, 2.45) is 11.7 Å². The number of carbonyl (C=O) groups excluding carboxylic acids is 1. The van der Waals surface area contributed by atoms with Gasteiger partial charge in [-0.3, -0.25) is 4.79 Å². The second-order valence-corrected chi connectivity index (χ2v) is 8.07. The van der Waals surface area contributed by atoms with Crippen molar-refractivity contribution in [2.75, 3.05) is 12.0 Å². The van der Waals surface area contributed by atoms with Crippen LogP contribution in [0.2, 0.25) is 0 Å². The van der Waals surface area contributed by atoms with Crippen LogP contribution in [0, 0.1) is 11.7 Å². The molecule has 0 bridgehead atoms. The second kappa shape index (κ2) is 7.76. The van der Waals surface area contributed by atoms with Crippen molar-refractivity contribution in [1.29, 1.82) is 0 Å². The number of nitrogens with zero attached hydrogens (tertiary/aromatic N) is 3. The maximum Gasteiger partial charge on any atom is 0.232 e. The third-order valence-corrected chi connectivity index (χ3v) is 6.21. The van der Waals surface area contributed by atoms with Crippen molar-refractivity contribution in [3.63, 3.8) is 0 Å². The number of halogens is 1. The molecule has 0 radical (unpaired) electrons. The third-order valence-electron chi connectivity index (χ3n) is 6.21. The Balaban J connectivity index is 1.56. The van der Waals surface area contributed by atoms with E-state index >= 15 is 0 Å². The summed E-state index contributed by atoms with van der Waals surface area (Å²) in [7, 11) is 1.62. The Morgan fingerprint density at radius 3 is 2.38 bits per heavy atom. The molecule has 2 N–H and O–H groups in total. The van der Waals surface area contributed by atoms with Gasteiger partial charge in [-0.05, 0) is 60.2 Å². The molecule has 1 fully saturated rings. The van der Waals surface area contributed by atoms with Gasteiger partial charge in [0.2, 0.25) is 5.91 Å². The number of amides is 1. The minimum Gasteiger partial charge on any atom is -0.497 e. The van der Waals surface area contributed by atoms with Crippen LogP contribution in [0.3, 0.4) is 0 Å². The van der Waals surface area contributed by atoms with Crippen LogP contribution in [-0.2, 0) is 4.79 Å². The molecule has 1 aromatic heterocycles. The first-order valence-corrected chi connectivity index (χ1v) is 10.4. The Hall–Kier alpha value is -3.71. The summed E-state index contributed by atoms with van der Waals surface area (Å²) in [5.74, 6) is 0.138. The van der Waals surface area contributed by atoms with Gasteiger partial charge >= 0.3 is 0 Å². The predicted octanol–water partition coefficient (Wildman–Crippen LogP) is 4.22. The van der Waals surface area contributed by atoms with Gasteiger partial charge in [0.15, 0.2) is 0 Å². The number of hydrogen-bond donors (Lipinski definition) is 1.